The number of fused-ring (bicyclic) bond motifs is 1. The van der Waals surface area contributed by atoms with Crippen LogP contribution in [-0.4, -0.2) is 61.6 Å². The predicted molar refractivity (Wildman–Crippen MR) is 107 cm³/mol. The summed E-state index contributed by atoms with van der Waals surface area (Å²) in [6, 6.07) is 9.98. The van der Waals surface area contributed by atoms with Crippen LogP contribution in [0.3, 0.4) is 0 Å². The van der Waals surface area contributed by atoms with Crippen molar-refractivity contribution in [1.82, 2.24) is 14.5 Å². The van der Waals surface area contributed by atoms with Crippen molar-refractivity contribution in [1.29, 1.82) is 0 Å². The average Bonchev–Trinajstić information content (AvgIpc) is 2.78. The van der Waals surface area contributed by atoms with Gasteiger partial charge in [-0.05, 0) is 36.7 Å². The number of nitrogens with zero attached hydrogens (tertiary/aromatic N) is 2. The van der Waals surface area contributed by atoms with E-state index in [1.54, 1.807) is 9.21 Å². The van der Waals surface area contributed by atoms with Gasteiger partial charge in [-0.2, -0.15) is 0 Å². The number of nitrogens with one attached hydrogen (secondary N) is 1. The molecule has 1 N–H and O–H groups in total. The first-order chi connectivity index (χ1) is 12.9. The van der Waals surface area contributed by atoms with Crippen molar-refractivity contribution in [2.45, 2.75) is 38.4 Å². The van der Waals surface area contributed by atoms with Crippen LogP contribution in [0.25, 0.3) is 0 Å². The molecule has 2 saturated heterocycles. The van der Waals surface area contributed by atoms with E-state index in [2.05, 4.69) is 5.32 Å². The highest BCUT2D eigenvalue weighted by molar-refractivity contribution is 7.90. The van der Waals surface area contributed by atoms with Crippen molar-refractivity contribution in [3.8, 4) is 0 Å². The van der Waals surface area contributed by atoms with Crippen LogP contribution in [0.4, 0.5) is 4.79 Å². The summed E-state index contributed by atoms with van der Waals surface area (Å²) in [5.41, 5.74) is 1.19. The van der Waals surface area contributed by atoms with E-state index in [0.717, 1.165) is 12.8 Å². The molecule has 7 heteroatoms. The van der Waals surface area contributed by atoms with Crippen LogP contribution < -0.4 is 5.32 Å². The van der Waals surface area contributed by atoms with Crippen LogP contribution in [0.2, 0.25) is 0 Å². The number of rotatable bonds is 5. The second-order valence-electron chi connectivity index (χ2n) is 8.09. The number of benzene rings is 1. The number of sulfonamides is 1. The summed E-state index contributed by atoms with van der Waals surface area (Å²) >= 11 is 0. The first-order valence-electron chi connectivity index (χ1n) is 9.93. The number of carbonyl (C=O) groups is 1. The Balaban J connectivity index is 1.51. The van der Waals surface area contributed by atoms with Gasteiger partial charge in [0, 0.05) is 32.7 Å². The maximum Gasteiger partial charge on any atom is 0.317 e. The van der Waals surface area contributed by atoms with Crippen LogP contribution in [0.5, 0.6) is 0 Å². The standard InChI is InChI=1S/C20H31N3O3S/c1-16(2)14-23-15-18-9-12-22(13-10-19(18)27(23,25)26)20(24)21-11-8-17-6-4-3-5-7-17/h3-7,16,18-19H,8-15H2,1-2H3,(H,21,24)/t18-,19-/m0/s1. The SMILES string of the molecule is CC(C)CN1C[C@@H]2CCN(C(=O)NCCc3ccccc3)CC[C@@H]2S1(=O)=O. The lowest BCUT2D eigenvalue weighted by molar-refractivity contribution is 0.198. The van der Waals surface area contributed by atoms with Crippen LogP contribution in [-0.2, 0) is 16.4 Å². The van der Waals surface area contributed by atoms with Crippen molar-refractivity contribution < 1.29 is 13.2 Å². The van der Waals surface area contributed by atoms with Crippen molar-refractivity contribution in [3.63, 3.8) is 0 Å². The molecule has 2 atom stereocenters. The smallest absolute Gasteiger partial charge is 0.317 e. The van der Waals surface area contributed by atoms with Gasteiger partial charge in [-0.3, -0.25) is 0 Å². The summed E-state index contributed by atoms with van der Waals surface area (Å²) < 4.78 is 27.3. The van der Waals surface area contributed by atoms with Gasteiger partial charge in [-0.25, -0.2) is 17.5 Å². The minimum absolute atomic E-state index is 0.0812. The topological polar surface area (TPSA) is 69.7 Å². The zero-order chi connectivity index (χ0) is 19.4. The fourth-order valence-corrected chi connectivity index (χ4v) is 6.56. The molecule has 0 spiro atoms. The number of carbonyl (C=O) groups excluding carboxylic acids is 1. The quantitative estimate of drug-likeness (QED) is 0.835. The molecule has 2 aliphatic heterocycles. The zero-order valence-electron chi connectivity index (χ0n) is 16.3. The molecule has 0 saturated carbocycles. The van der Waals surface area contributed by atoms with E-state index in [-0.39, 0.29) is 17.2 Å². The highest BCUT2D eigenvalue weighted by atomic mass is 32.2. The largest absolute Gasteiger partial charge is 0.338 e. The maximum atomic E-state index is 12.8. The normalized spacial score (nSPS) is 25.2. The summed E-state index contributed by atoms with van der Waals surface area (Å²) in [5, 5.41) is 2.64. The molecule has 6 nitrogen and oxygen atoms in total. The minimum Gasteiger partial charge on any atom is -0.338 e. The van der Waals surface area contributed by atoms with E-state index in [1.807, 2.05) is 44.2 Å². The Morgan fingerprint density at radius 2 is 1.89 bits per heavy atom. The summed E-state index contributed by atoms with van der Waals surface area (Å²) in [6.45, 7) is 7.02. The van der Waals surface area contributed by atoms with Gasteiger partial charge in [0.05, 0.1) is 5.25 Å². The molecule has 1 aromatic carbocycles. The van der Waals surface area contributed by atoms with Crippen LogP contribution in [0, 0.1) is 11.8 Å². The highest BCUT2D eigenvalue weighted by Gasteiger charge is 2.47. The molecule has 2 fully saturated rings. The molecule has 2 heterocycles. The molecule has 0 aromatic heterocycles. The van der Waals surface area contributed by atoms with Gasteiger partial charge in [-0.1, -0.05) is 44.2 Å². The van der Waals surface area contributed by atoms with Gasteiger partial charge in [0.1, 0.15) is 0 Å². The first-order valence-corrected chi connectivity index (χ1v) is 11.4. The second-order valence-corrected chi connectivity index (χ2v) is 10.2. The van der Waals surface area contributed by atoms with Crippen molar-refractivity contribution >= 4 is 16.1 Å². The summed E-state index contributed by atoms with van der Waals surface area (Å²) in [5.74, 6) is 0.463. The fourth-order valence-electron chi connectivity index (χ4n) is 4.16. The zero-order valence-corrected chi connectivity index (χ0v) is 17.1. The molecule has 0 bridgehead atoms. The van der Waals surface area contributed by atoms with Crippen molar-refractivity contribution in [2.75, 3.05) is 32.7 Å². The Hall–Kier alpha value is -1.60. The molecule has 1 aromatic rings. The second kappa shape index (κ2) is 8.61. The summed E-state index contributed by atoms with van der Waals surface area (Å²) in [4.78, 5) is 14.3. The van der Waals surface area contributed by atoms with Crippen molar-refractivity contribution in [2.24, 2.45) is 11.8 Å². The number of urea groups is 1. The molecule has 2 aliphatic rings. The van der Waals surface area contributed by atoms with E-state index < -0.39 is 10.0 Å². The van der Waals surface area contributed by atoms with Gasteiger partial charge >= 0.3 is 6.03 Å². The Bertz CT molecular complexity index is 736. The highest BCUT2D eigenvalue weighted by Crippen LogP contribution is 2.34. The Morgan fingerprint density at radius 3 is 2.59 bits per heavy atom. The number of amides is 2. The van der Waals surface area contributed by atoms with E-state index in [4.69, 9.17) is 0 Å². The minimum atomic E-state index is -3.23. The maximum absolute atomic E-state index is 12.8. The number of hydrogen-bond acceptors (Lipinski definition) is 3. The van der Waals surface area contributed by atoms with E-state index in [1.165, 1.54) is 5.56 Å². The van der Waals surface area contributed by atoms with Gasteiger partial charge in [0.2, 0.25) is 10.0 Å². The van der Waals surface area contributed by atoms with Gasteiger partial charge in [0.25, 0.3) is 0 Å². The van der Waals surface area contributed by atoms with Crippen LogP contribution in [0.1, 0.15) is 32.3 Å². The Morgan fingerprint density at radius 1 is 1.19 bits per heavy atom. The van der Waals surface area contributed by atoms with Crippen LogP contribution in [0.15, 0.2) is 30.3 Å². The molecule has 0 radical (unpaired) electrons. The summed E-state index contributed by atoms with van der Waals surface area (Å²) in [6.07, 6.45) is 2.09. The molecule has 27 heavy (non-hydrogen) atoms. The molecule has 3 rings (SSSR count). The van der Waals surface area contributed by atoms with Gasteiger partial charge in [-0.15, -0.1) is 0 Å². The van der Waals surface area contributed by atoms with Gasteiger partial charge in [0.15, 0.2) is 0 Å². The number of hydrogen-bond donors (Lipinski definition) is 1. The third-order valence-corrected chi connectivity index (χ3v) is 7.95. The summed E-state index contributed by atoms with van der Waals surface area (Å²) in [7, 11) is -3.23. The first kappa shape index (κ1) is 20.1. The third kappa shape index (κ3) is 4.82. The lowest BCUT2D eigenvalue weighted by Gasteiger charge is -2.23. The monoisotopic (exact) mass is 393 g/mol. The van der Waals surface area contributed by atoms with Crippen LogP contribution >= 0.6 is 0 Å². The predicted octanol–water partition coefficient (Wildman–Crippen LogP) is 2.32. The van der Waals surface area contributed by atoms with E-state index in [0.29, 0.717) is 45.1 Å². The van der Waals surface area contributed by atoms with Gasteiger partial charge < -0.3 is 10.2 Å². The van der Waals surface area contributed by atoms with E-state index >= 15 is 0 Å². The van der Waals surface area contributed by atoms with Crippen molar-refractivity contribution in [3.05, 3.63) is 35.9 Å². The lowest BCUT2D eigenvalue weighted by atomic mass is 10.0. The molecule has 0 aliphatic carbocycles. The molecular weight excluding hydrogens is 362 g/mol. The third-order valence-electron chi connectivity index (χ3n) is 5.55. The average molecular weight is 394 g/mol. The fraction of sp³-hybridized carbons (Fsp3) is 0.650. The Labute approximate surface area is 163 Å². The number of likely N-dealkylation sites (tertiary alicyclic amines) is 1. The lowest BCUT2D eigenvalue weighted by Crippen LogP contribution is -2.42. The Kier molecular flexibility index (Phi) is 6.42. The molecule has 150 valence electrons. The molecular formula is C20H31N3O3S. The molecule has 2 amide bonds. The van der Waals surface area contributed by atoms with E-state index in [9.17, 15) is 13.2 Å². The molecule has 0 unspecified atom stereocenters.